The summed E-state index contributed by atoms with van der Waals surface area (Å²) in [5.41, 5.74) is 2.85. The van der Waals surface area contributed by atoms with Gasteiger partial charge in [0.1, 0.15) is 0 Å². The number of nitrogens with zero attached hydrogens (tertiary/aromatic N) is 3. The molecule has 3 heterocycles. The Hall–Kier alpha value is -2.50. The van der Waals surface area contributed by atoms with Crippen LogP contribution in [0.4, 0.5) is 0 Å². The van der Waals surface area contributed by atoms with E-state index in [0.29, 0.717) is 12.5 Å². The lowest BCUT2D eigenvalue weighted by Gasteiger charge is -2.18. The third kappa shape index (κ3) is 3.16. The predicted molar refractivity (Wildman–Crippen MR) is 90.1 cm³/mol. The molecule has 0 saturated heterocycles. The fraction of sp³-hybridized carbons (Fsp3) is 0.412. The molecule has 0 spiro atoms. The zero-order chi connectivity index (χ0) is 16.1. The predicted octanol–water partition coefficient (Wildman–Crippen LogP) is 2.92. The molecular weight excluding hydrogens is 290 g/mol. The highest BCUT2D eigenvalue weighted by atomic mass is 16.1. The van der Waals surface area contributed by atoms with Gasteiger partial charge in [0.25, 0.3) is 0 Å². The van der Waals surface area contributed by atoms with Crippen LogP contribution >= 0.6 is 0 Å². The third-order valence-electron chi connectivity index (χ3n) is 4.21. The number of hydrogen-bond acceptors (Lipinski definition) is 4. The highest BCUT2D eigenvalue weighted by molar-refractivity contribution is 6.04. The Morgan fingerprint density at radius 2 is 2.22 bits per heavy atom. The van der Waals surface area contributed by atoms with Crippen molar-refractivity contribution in [1.29, 1.82) is 0 Å². The topological polar surface area (TPSA) is 83.6 Å². The van der Waals surface area contributed by atoms with E-state index in [-0.39, 0.29) is 0 Å². The molecule has 1 amide bonds. The molecule has 3 rings (SSSR count). The lowest BCUT2D eigenvalue weighted by molar-refractivity contribution is -0.109. The Morgan fingerprint density at radius 3 is 3.04 bits per heavy atom. The van der Waals surface area contributed by atoms with Crippen molar-refractivity contribution in [3.05, 3.63) is 30.5 Å². The van der Waals surface area contributed by atoms with Crippen molar-refractivity contribution in [1.82, 2.24) is 25.3 Å². The van der Waals surface area contributed by atoms with Crippen LogP contribution in [-0.2, 0) is 4.79 Å². The van der Waals surface area contributed by atoms with Crippen LogP contribution in [0.25, 0.3) is 21.9 Å². The first-order valence-corrected chi connectivity index (χ1v) is 8.08. The largest absolute Gasteiger partial charge is 0.359 e. The molecule has 6 heteroatoms. The molecule has 0 aromatic carbocycles. The van der Waals surface area contributed by atoms with Crippen molar-refractivity contribution in [2.75, 3.05) is 6.54 Å². The number of H-pyrrole nitrogens is 1. The third-order valence-corrected chi connectivity index (χ3v) is 4.21. The molecule has 3 aromatic heterocycles. The maximum absolute atomic E-state index is 10.4. The zero-order valence-corrected chi connectivity index (χ0v) is 13.2. The number of fused-ring (bicyclic) bond motifs is 3. The van der Waals surface area contributed by atoms with E-state index in [2.05, 4.69) is 32.2 Å². The van der Waals surface area contributed by atoms with Crippen molar-refractivity contribution in [2.24, 2.45) is 0 Å². The minimum absolute atomic E-state index is 0.402. The van der Waals surface area contributed by atoms with Gasteiger partial charge in [-0.05, 0) is 31.2 Å². The second-order valence-corrected chi connectivity index (χ2v) is 5.72. The average molecular weight is 311 g/mol. The van der Waals surface area contributed by atoms with E-state index in [1.807, 2.05) is 6.07 Å². The van der Waals surface area contributed by atoms with Gasteiger partial charge in [0, 0.05) is 29.2 Å². The molecule has 0 aliphatic rings. The molecule has 0 aliphatic carbocycles. The minimum Gasteiger partial charge on any atom is -0.359 e. The molecule has 0 fully saturated rings. The highest BCUT2D eigenvalue weighted by Gasteiger charge is 2.17. The number of hydrogen-bond donors (Lipinski definition) is 2. The van der Waals surface area contributed by atoms with Gasteiger partial charge in [0.2, 0.25) is 6.41 Å². The molecule has 0 aliphatic heterocycles. The van der Waals surface area contributed by atoms with Gasteiger partial charge in [-0.2, -0.15) is 0 Å². The lowest BCUT2D eigenvalue weighted by Crippen LogP contribution is -2.13. The first kappa shape index (κ1) is 15.4. The SMILES string of the molecule is CCCC(CCCNC=O)c1[nH]cnc2cnc3nccc3c12. The number of aromatic amines is 1. The molecule has 0 bridgehead atoms. The quantitative estimate of drug-likeness (QED) is 0.495. The Bertz CT molecular complexity index is 798. The van der Waals surface area contributed by atoms with Crippen LogP contribution in [0.3, 0.4) is 0 Å². The van der Waals surface area contributed by atoms with Gasteiger partial charge < -0.3 is 10.3 Å². The maximum atomic E-state index is 10.4. The summed E-state index contributed by atoms with van der Waals surface area (Å²) in [6.07, 6.45) is 10.2. The maximum Gasteiger partial charge on any atom is 0.207 e. The number of rotatable bonds is 8. The molecule has 120 valence electrons. The molecule has 3 aromatic rings. The number of amides is 1. The zero-order valence-electron chi connectivity index (χ0n) is 13.2. The Morgan fingerprint density at radius 1 is 1.30 bits per heavy atom. The molecule has 0 saturated carbocycles. The van der Waals surface area contributed by atoms with Gasteiger partial charge >= 0.3 is 0 Å². The summed E-state index contributed by atoms with van der Waals surface area (Å²) < 4.78 is 0. The monoisotopic (exact) mass is 311 g/mol. The highest BCUT2D eigenvalue weighted by Crippen LogP contribution is 2.32. The lowest BCUT2D eigenvalue weighted by atomic mass is 9.91. The normalized spacial score (nSPS) is 12.6. The van der Waals surface area contributed by atoms with E-state index in [4.69, 9.17) is 0 Å². The van der Waals surface area contributed by atoms with Crippen molar-refractivity contribution >= 4 is 28.3 Å². The van der Waals surface area contributed by atoms with Crippen molar-refractivity contribution in [3.8, 4) is 0 Å². The first-order valence-electron chi connectivity index (χ1n) is 8.08. The van der Waals surface area contributed by atoms with Crippen LogP contribution in [0.15, 0.2) is 24.8 Å². The number of nitrogens with one attached hydrogen (secondary N) is 2. The van der Waals surface area contributed by atoms with Gasteiger partial charge in [-0.3, -0.25) is 4.79 Å². The van der Waals surface area contributed by atoms with Crippen LogP contribution in [0.5, 0.6) is 0 Å². The second kappa shape index (κ2) is 7.17. The van der Waals surface area contributed by atoms with Crippen molar-refractivity contribution in [2.45, 2.75) is 38.5 Å². The van der Waals surface area contributed by atoms with Gasteiger partial charge in [-0.25, -0.2) is 15.0 Å². The molecule has 6 nitrogen and oxygen atoms in total. The fourth-order valence-electron chi connectivity index (χ4n) is 3.19. The Kier molecular flexibility index (Phi) is 4.80. The average Bonchev–Trinajstić information content (AvgIpc) is 3.06. The van der Waals surface area contributed by atoms with E-state index < -0.39 is 0 Å². The van der Waals surface area contributed by atoms with E-state index in [1.54, 1.807) is 18.7 Å². The minimum atomic E-state index is 0.402. The second-order valence-electron chi connectivity index (χ2n) is 5.72. The molecule has 23 heavy (non-hydrogen) atoms. The summed E-state index contributed by atoms with van der Waals surface area (Å²) in [6.45, 7) is 2.91. The summed E-state index contributed by atoms with van der Waals surface area (Å²) in [7, 11) is 0. The number of aromatic nitrogens is 4. The number of carbonyl (C=O) groups is 1. The van der Waals surface area contributed by atoms with Gasteiger partial charge in [0.05, 0.1) is 18.0 Å². The van der Waals surface area contributed by atoms with Gasteiger partial charge in [-0.1, -0.05) is 13.3 Å². The summed E-state index contributed by atoms with van der Waals surface area (Å²) in [6, 6.07) is 2.00. The smallest absolute Gasteiger partial charge is 0.207 e. The van der Waals surface area contributed by atoms with Crippen LogP contribution in [0, 0.1) is 0 Å². The van der Waals surface area contributed by atoms with Crippen LogP contribution in [0.1, 0.15) is 44.2 Å². The van der Waals surface area contributed by atoms with E-state index in [9.17, 15) is 4.79 Å². The molecule has 0 radical (unpaired) electrons. The van der Waals surface area contributed by atoms with Crippen LogP contribution in [-0.4, -0.2) is 32.9 Å². The number of carbonyl (C=O) groups excluding carboxylic acids is 1. The Labute approximate surface area is 134 Å². The summed E-state index contributed by atoms with van der Waals surface area (Å²) in [5, 5.41) is 4.91. The van der Waals surface area contributed by atoms with Gasteiger partial charge in [0.15, 0.2) is 5.65 Å². The fourth-order valence-corrected chi connectivity index (χ4v) is 3.19. The van der Waals surface area contributed by atoms with E-state index >= 15 is 0 Å². The first-order chi connectivity index (χ1) is 11.3. The van der Waals surface area contributed by atoms with Gasteiger partial charge in [-0.15, -0.1) is 0 Å². The molecule has 1 atom stereocenters. The molecular formula is C17H21N5O. The van der Waals surface area contributed by atoms with Crippen molar-refractivity contribution in [3.63, 3.8) is 0 Å². The Balaban J connectivity index is 2.00. The summed E-state index contributed by atoms with van der Waals surface area (Å²) in [4.78, 5) is 26.8. The number of pyridine rings is 1. The van der Waals surface area contributed by atoms with E-state index in [1.165, 1.54) is 5.69 Å². The standard InChI is InChI=1S/C17H21N5O/c1-2-4-12(5-3-7-18-11-23)16-15-13-6-8-19-17(13)20-9-14(15)21-10-22-16/h6,8-12H,2-5,7H2,1H3,(H,18,23)(H,21,22). The molecule has 1 unspecified atom stereocenters. The van der Waals surface area contributed by atoms with E-state index in [0.717, 1.165) is 54.0 Å². The summed E-state index contributed by atoms with van der Waals surface area (Å²) in [5.74, 6) is 0.402. The van der Waals surface area contributed by atoms with Crippen molar-refractivity contribution < 1.29 is 4.79 Å². The summed E-state index contributed by atoms with van der Waals surface area (Å²) >= 11 is 0. The van der Waals surface area contributed by atoms with Crippen LogP contribution in [0.2, 0.25) is 0 Å². The van der Waals surface area contributed by atoms with Crippen LogP contribution < -0.4 is 5.32 Å². The molecule has 2 N–H and O–H groups in total.